The van der Waals surface area contributed by atoms with Gasteiger partial charge in [-0.1, -0.05) is 41.4 Å². The molecule has 116 valence electrons. The lowest BCUT2D eigenvalue weighted by Gasteiger charge is -2.15. The zero-order chi connectivity index (χ0) is 16.6. The number of halogens is 2. The number of carbonyl (C=O) groups is 2. The number of anilines is 1. The molecule has 0 saturated carbocycles. The van der Waals surface area contributed by atoms with Crippen LogP contribution >= 0.6 is 23.2 Å². The van der Waals surface area contributed by atoms with Gasteiger partial charge in [-0.05, 0) is 35.9 Å². The Morgan fingerprint density at radius 2 is 1.65 bits per heavy atom. The fourth-order valence-corrected chi connectivity index (χ4v) is 2.82. The van der Waals surface area contributed by atoms with Gasteiger partial charge in [0.2, 0.25) is 0 Å². The van der Waals surface area contributed by atoms with Crippen molar-refractivity contribution in [2.24, 2.45) is 0 Å². The third-order valence-electron chi connectivity index (χ3n) is 3.47. The van der Waals surface area contributed by atoms with E-state index in [2.05, 4.69) is 0 Å². The van der Waals surface area contributed by atoms with E-state index in [0.717, 1.165) is 4.90 Å². The van der Waals surface area contributed by atoms with Gasteiger partial charge in [0.05, 0.1) is 18.4 Å². The van der Waals surface area contributed by atoms with Gasteiger partial charge in [0.15, 0.2) is 0 Å². The smallest absolute Gasteiger partial charge is 0.277 e. The molecule has 1 aliphatic rings. The van der Waals surface area contributed by atoms with Crippen LogP contribution in [-0.2, 0) is 9.59 Å². The highest BCUT2D eigenvalue weighted by molar-refractivity contribution is 6.60. The Kier molecular flexibility index (Phi) is 4.11. The van der Waals surface area contributed by atoms with E-state index in [1.165, 1.54) is 0 Å². The number of hydrogen-bond donors (Lipinski definition) is 0. The lowest BCUT2D eigenvalue weighted by Crippen LogP contribution is -2.31. The Bertz CT molecular complexity index is 828. The predicted molar refractivity (Wildman–Crippen MR) is 89.7 cm³/mol. The molecule has 3 rings (SSSR count). The molecule has 4 nitrogen and oxygen atoms in total. The summed E-state index contributed by atoms with van der Waals surface area (Å²) in [4.78, 5) is 26.1. The molecule has 0 atom stereocenters. The van der Waals surface area contributed by atoms with Gasteiger partial charge >= 0.3 is 0 Å². The van der Waals surface area contributed by atoms with E-state index in [1.807, 2.05) is 0 Å². The quantitative estimate of drug-likeness (QED) is 0.791. The topological polar surface area (TPSA) is 46.6 Å². The zero-order valence-corrected chi connectivity index (χ0v) is 13.6. The molecule has 2 aromatic carbocycles. The highest BCUT2D eigenvalue weighted by atomic mass is 35.5. The molecular weight excluding hydrogens is 337 g/mol. The van der Waals surface area contributed by atoms with E-state index in [0.29, 0.717) is 22.0 Å². The van der Waals surface area contributed by atoms with E-state index < -0.39 is 11.8 Å². The first kappa shape index (κ1) is 15.6. The second-order valence-electron chi connectivity index (χ2n) is 4.84. The third-order valence-corrected chi connectivity index (χ3v) is 4.06. The molecule has 0 spiro atoms. The van der Waals surface area contributed by atoms with E-state index >= 15 is 0 Å². The number of rotatable bonds is 3. The summed E-state index contributed by atoms with van der Waals surface area (Å²) in [5.74, 6) is -0.397. The summed E-state index contributed by atoms with van der Waals surface area (Å²) < 4.78 is 5.08. The summed E-state index contributed by atoms with van der Waals surface area (Å²) in [5, 5.41) is 0.317. The molecule has 2 amide bonds. The number of nitrogens with zero attached hydrogens (tertiary/aromatic N) is 1. The molecule has 1 heterocycles. The zero-order valence-electron chi connectivity index (χ0n) is 12.0. The van der Waals surface area contributed by atoms with Crippen LogP contribution in [0.3, 0.4) is 0 Å². The molecule has 23 heavy (non-hydrogen) atoms. The fourth-order valence-electron chi connectivity index (χ4n) is 2.36. The standard InChI is InChI=1S/C17H11Cl2NO3/c1-23-13-7-5-10(6-8-13)14-15(19)17(22)20(16(14)21)12-4-2-3-11(18)9-12/h2-9H,1H3. The molecule has 0 aromatic heterocycles. The third kappa shape index (κ3) is 2.71. The Morgan fingerprint density at radius 1 is 0.957 bits per heavy atom. The number of imide groups is 1. The van der Waals surface area contributed by atoms with Crippen LogP contribution < -0.4 is 9.64 Å². The number of methoxy groups -OCH3 is 1. The molecule has 0 N–H and O–H groups in total. The van der Waals surface area contributed by atoms with Gasteiger partial charge in [-0.2, -0.15) is 0 Å². The molecule has 0 saturated heterocycles. The Morgan fingerprint density at radius 3 is 2.26 bits per heavy atom. The summed E-state index contributed by atoms with van der Waals surface area (Å²) in [5.41, 5.74) is 1.10. The van der Waals surface area contributed by atoms with Crippen molar-refractivity contribution >= 4 is 46.3 Å². The number of benzene rings is 2. The van der Waals surface area contributed by atoms with Gasteiger partial charge in [0.25, 0.3) is 11.8 Å². The number of carbonyl (C=O) groups excluding carboxylic acids is 2. The monoisotopic (exact) mass is 347 g/mol. The van der Waals surface area contributed by atoms with E-state index in [1.54, 1.807) is 55.6 Å². The van der Waals surface area contributed by atoms with Crippen molar-refractivity contribution in [3.63, 3.8) is 0 Å². The largest absolute Gasteiger partial charge is 0.497 e. The molecule has 0 unspecified atom stereocenters. The van der Waals surface area contributed by atoms with Gasteiger partial charge in [-0.25, -0.2) is 4.90 Å². The number of amides is 2. The molecule has 0 radical (unpaired) electrons. The molecule has 6 heteroatoms. The van der Waals surface area contributed by atoms with Crippen LogP contribution in [0.4, 0.5) is 5.69 Å². The molecular formula is C17H11Cl2NO3. The van der Waals surface area contributed by atoms with Gasteiger partial charge < -0.3 is 4.74 Å². The summed E-state index contributed by atoms with van der Waals surface area (Å²) in [6.07, 6.45) is 0. The fraction of sp³-hybridized carbons (Fsp3) is 0.0588. The van der Waals surface area contributed by atoms with Crippen LogP contribution in [0.2, 0.25) is 5.02 Å². The molecule has 0 fully saturated rings. The molecule has 1 aliphatic heterocycles. The van der Waals surface area contributed by atoms with Crippen LogP contribution in [0.25, 0.3) is 5.57 Å². The average Bonchev–Trinajstić information content (AvgIpc) is 2.77. The van der Waals surface area contributed by atoms with Gasteiger partial charge in [0, 0.05) is 5.02 Å². The first-order valence-corrected chi connectivity index (χ1v) is 7.47. The molecule has 0 bridgehead atoms. The summed E-state index contributed by atoms with van der Waals surface area (Å²) in [6, 6.07) is 13.3. The number of hydrogen-bond acceptors (Lipinski definition) is 3. The van der Waals surface area contributed by atoms with Crippen LogP contribution in [0.5, 0.6) is 5.75 Å². The van der Waals surface area contributed by atoms with E-state index in [-0.39, 0.29) is 10.6 Å². The lowest BCUT2D eigenvalue weighted by atomic mass is 10.1. The molecule has 0 aliphatic carbocycles. The van der Waals surface area contributed by atoms with Crippen LogP contribution in [0, 0.1) is 0 Å². The second-order valence-corrected chi connectivity index (χ2v) is 5.66. The minimum Gasteiger partial charge on any atom is -0.497 e. The highest BCUT2D eigenvalue weighted by Gasteiger charge is 2.39. The Balaban J connectivity index is 2.02. The van der Waals surface area contributed by atoms with Crippen molar-refractivity contribution in [2.45, 2.75) is 0 Å². The van der Waals surface area contributed by atoms with Gasteiger partial charge in [0.1, 0.15) is 10.8 Å². The van der Waals surface area contributed by atoms with Crippen molar-refractivity contribution in [1.29, 1.82) is 0 Å². The Hall–Kier alpha value is -2.30. The Labute approximate surface area is 142 Å². The van der Waals surface area contributed by atoms with Crippen molar-refractivity contribution in [3.05, 3.63) is 64.1 Å². The van der Waals surface area contributed by atoms with Crippen molar-refractivity contribution in [3.8, 4) is 5.75 Å². The maximum absolute atomic E-state index is 12.7. The van der Waals surface area contributed by atoms with Gasteiger partial charge in [-0.15, -0.1) is 0 Å². The maximum Gasteiger partial charge on any atom is 0.277 e. The first-order valence-electron chi connectivity index (χ1n) is 6.71. The summed E-state index contributed by atoms with van der Waals surface area (Å²) in [7, 11) is 1.55. The van der Waals surface area contributed by atoms with Crippen LogP contribution in [-0.4, -0.2) is 18.9 Å². The summed E-state index contributed by atoms with van der Waals surface area (Å²) >= 11 is 12.1. The maximum atomic E-state index is 12.7. The first-order chi connectivity index (χ1) is 11.0. The normalized spacial score (nSPS) is 14.7. The van der Waals surface area contributed by atoms with Crippen LogP contribution in [0.15, 0.2) is 53.6 Å². The highest BCUT2D eigenvalue weighted by Crippen LogP contribution is 2.35. The van der Waals surface area contributed by atoms with Crippen molar-refractivity contribution < 1.29 is 14.3 Å². The SMILES string of the molecule is COc1ccc(C2=C(Cl)C(=O)N(c3cccc(Cl)c3)C2=O)cc1. The second kappa shape index (κ2) is 6.07. The number of ether oxygens (including phenoxy) is 1. The van der Waals surface area contributed by atoms with E-state index in [9.17, 15) is 9.59 Å². The molecule has 2 aromatic rings. The lowest BCUT2D eigenvalue weighted by molar-refractivity contribution is -0.119. The van der Waals surface area contributed by atoms with E-state index in [4.69, 9.17) is 27.9 Å². The minimum absolute atomic E-state index is 0.111. The summed E-state index contributed by atoms with van der Waals surface area (Å²) in [6.45, 7) is 0. The predicted octanol–water partition coefficient (Wildman–Crippen LogP) is 3.87. The van der Waals surface area contributed by atoms with Gasteiger partial charge in [-0.3, -0.25) is 9.59 Å². The van der Waals surface area contributed by atoms with Crippen molar-refractivity contribution in [1.82, 2.24) is 0 Å². The average molecular weight is 348 g/mol. The van der Waals surface area contributed by atoms with Crippen molar-refractivity contribution in [2.75, 3.05) is 12.0 Å². The minimum atomic E-state index is -0.565. The van der Waals surface area contributed by atoms with Crippen LogP contribution in [0.1, 0.15) is 5.56 Å².